The van der Waals surface area contributed by atoms with Crippen LogP contribution >= 0.6 is 0 Å². The van der Waals surface area contributed by atoms with E-state index in [1.54, 1.807) is 7.11 Å². The standard InChI is InChI=1S/C14H19NO2/c1-4-12-11(8-14(16)15-12)10-5-6-13(17-3)9(2)7-10/h5-7,11-12H,4,8H2,1-3H3,(H,15,16). The number of methoxy groups -OCH3 is 1. The van der Waals surface area contributed by atoms with Gasteiger partial charge in [0, 0.05) is 18.4 Å². The molecule has 1 saturated heterocycles. The van der Waals surface area contributed by atoms with E-state index in [4.69, 9.17) is 4.74 Å². The molecule has 1 N–H and O–H groups in total. The number of aryl methyl sites for hydroxylation is 1. The van der Waals surface area contributed by atoms with Crippen LogP contribution in [0.25, 0.3) is 0 Å². The van der Waals surface area contributed by atoms with Gasteiger partial charge in [0.25, 0.3) is 0 Å². The van der Waals surface area contributed by atoms with Gasteiger partial charge in [-0.15, -0.1) is 0 Å². The van der Waals surface area contributed by atoms with Gasteiger partial charge in [-0.3, -0.25) is 4.79 Å². The fourth-order valence-corrected chi connectivity index (χ4v) is 2.58. The second-order valence-corrected chi connectivity index (χ2v) is 4.62. The van der Waals surface area contributed by atoms with Crippen LogP contribution in [-0.4, -0.2) is 19.1 Å². The number of hydrogen-bond acceptors (Lipinski definition) is 2. The Kier molecular flexibility index (Phi) is 3.36. The molecule has 0 saturated carbocycles. The summed E-state index contributed by atoms with van der Waals surface area (Å²) in [6.45, 7) is 4.15. The molecule has 0 bridgehead atoms. The predicted molar refractivity (Wildman–Crippen MR) is 67.3 cm³/mol. The first kappa shape index (κ1) is 12.0. The number of carbonyl (C=O) groups is 1. The van der Waals surface area contributed by atoms with Crippen molar-refractivity contribution in [3.63, 3.8) is 0 Å². The minimum Gasteiger partial charge on any atom is -0.496 e. The number of hydrogen-bond donors (Lipinski definition) is 1. The Morgan fingerprint density at radius 2 is 2.24 bits per heavy atom. The third-order valence-electron chi connectivity index (χ3n) is 3.52. The van der Waals surface area contributed by atoms with Crippen molar-refractivity contribution in [2.24, 2.45) is 0 Å². The van der Waals surface area contributed by atoms with E-state index in [1.807, 2.05) is 13.0 Å². The van der Waals surface area contributed by atoms with Crippen LogP contribution < -0.4 is 10.1 Å². The van der Waals surface area contributed by atoms with Gasteiger partial charge in [0.2, 0.25) is 5.91 Å². The Morgan fingerprint density at radius 3 is 2.82 bits per heavy atom. The molecule has 92 valence electrons. The highest BCUT2D eigenvalue weighted by atomic mass is 16.5. The minimum atomic E-state index is 0.162. The average Bonchev–Trinajstić information content (AvgIpc) is 2.70. The molecule has 3 nitrogen and oxygen atoms in total. The predicted octanol–water partition coefficient (Wildman–Crippen LogP) is 2.39. The second kappa shape index (κ2) is 4.78. The highest BCUT2D eigenvalue weighted by Gasteiger charge is 2.32. The van der Waals surface area contributed by atoms with Crippen LogP contribution in [0.2, 0.25) is 0 Å². The molecule has 2 atom stereocenters. The number of benzene rings is 1. The van der Waals surface area contributed by atoms with E-state index in [9.17, 15) is 4.79 Å². The molecule has 2 rings (SSSR count). The number of rotatable bonds is 3. The van der Waals surface area contributed by atoms with Crippen LogP contribution in [0.15, 0.2) is 18.2 Å². The van der Waals surface area contributed by atoms with Gasteiger partial charge in [0.05, 0.1) is 7.11 Å². The summed E-state index contributed by atoms with van der Waals surface area (Å²) >= 11 is 0. The van der Waals surface area contributed by atoms with Crippen LogP contribution in [0, 0.1) is 6.92 Å². The zero-order chi connectivity index (χ0) is 12.4. The lowest BCUT2D eigenvalue weighted by atomic mass is 9.89. The summed E-state index contributed by atoms with van der Waals surface area (Å²) in [5.74, 6) is 1.37. The first-order valence-electron chi connectivity index (χ1n) is 6.09. The Hall–Kier alpha value is -1.51. The molecule has 17 heavy (non-hydrogen) atoms. The zero-order valence-corrected chi connectivity index (χ0v) is 10.6. The van der Waals surface area contributed by atoms with Crippen molar-refractivity contribution in [1.82, 2.24) is 5.32 Å². The molecule has 0 aliphatic carbocycles. The molecule has 1 fully saturated rings. The maximum atomic E-state index is 11.5. The number of nitrogens with one attached hydrogen (secondary N) is 1. The maximum absolute atomic E-state index is 11.5. The molecule has 1 aromatic carbocycles. The Balaban J connectivity index is 2.27. The van der Waals surface area contributed by atoms with Gasteiger partial charge >= 0.3 is 0 Å². The molecule has 1 aliphatic rings. The fourth-order valence-electron chi connectivity index (χ4n) is 2.58. The van der Waals surface area contributed by atoms with Gasteiger partial charge in [-0.2, -0.15) is 0 Å². The third kappa shape index (κ3) is 2.28. The zero-order valence-electron chi connectivity index (χ0n) is 10.6. The Morgan fingerprint density at radius 1 is 1.47 bits per heavy atom. The summed E-state index contributed by atoms with van der Waals surface area (Å²) < 4.78 is 5.25. The van der Waals surface area contributed by atoms with Gasteiger partial charge < -0.3 is 10.1 Å². The monoisotopic (exact) mass is 233 g/mol. The molecule has 1 heterocycles. The minimum absolute atomic E-state index is 0.162. The molecule has 3 heteroatoms. The lowest BCUT2D eigenvalue weighted by molar-refractivity contribution is -0.119. The van der Waals surface area contributed by atoms with E-state index in [2.05, 4.69) is 24.4 Å². The number of carbonyl (C=O) groups excluding carboxylic acids is 1. The first-order valence-corrected chi connectivity index (χ1v) is 6.09. The Labute approximate surface area is 102 Å². The summed E-state index contributed by atoms with van der Waals surface area (Å²) in [5, 5.41) is 3.03. The molecule has 0 radical (unpaired) electrons. The quantitative estimate of drug-likeness (QED) is 0.870. The largest absolute Gasteiger partial charge is 0.496 e. The number of amides is 1. The molecule has 1 aromatic rings. The van der Waals surface area contributed by atoms with Crippen molar-refractivity contribution in [2.75, 3.05) is 7.11 Å². The van der Waals surface area contributed by atoms with Crippen molar-refractivity contribution in [1.29, 1.82) is 0 Å². The van der Waals surface area contributed by atoms with Crippen molar-refractivity contribution in [3.8, 4) is 5.75 Å². The van der Waals surface area contributed by atoms with Crippen LogP contribution in [0.1, 0.15) is 36.8 Å². The van der Waals surface area contributed by atoms with Crippen molar-refractivity contribution >= 4 is 5.91 Å². The first-order chi connectivity index (χ1) is 8.15. The van der Waals surface area contributed by atoms with Gasteiger partial charge in [0.1, 0.15) is 5.75 Å². The van der Waals surface area contributed by atoms with E-state index in [1.165, 1.54) is 5.56 Å². The van der Waals surface area contributed by atoms with Gasteiger partial charge in [-0.05, 0) is 30.5 Å². The van der Waals surface area contributed by atoms with Crippen LogP contribution in [0.4, 0.5) is 0 Å². The highest BCUT2D eigenvalue weighted by molar-refractivity contribution is 5.80. The topological polar surface area (TPSA) is 38.3 Å². The SMILES string of the molecule is CCC1NC(=O)CC1c1ccc(OC)c(C)c1. The van der Waals surface area contributed by atoms with Crippen LogP contribution in [0.3, 0.4) is 0 Å². The maximum Gasteiger partial charge on any atom is 0.220 e. The molecule has 0 spiro atoms. The fraction of sp³-hybridized carbons (Fsp3) is 0.500. The van der Waals surface area contributed by atoms with Crippen molar-refractivity contribution in [3.05, 3.63) is 29.3 Å². The smallest absolute Gasteiger partial charge is 0.220 e. The van der Waals surface area contributed by atoms with E-state index < -0.39 is 0 Å². The molecule has 1 amide bonds. The van der Waals surface area contributed by atoms with Crippen molar-refractivity contribution in [2.45, 2.75) is 38.6 Å². The summed E-state index contributed by atoms with van der Waals surface area (Å²) in [7, 11) is 1.68. The van der Waals surface area contributed by atoms with E-state index in [-0.39, 0.29) is 11.9 Å². The molecular weight excluding hydrogens is 214 g/mol. The lowest BCUT2D eigenvalue weighted by Gasteiger charge is -2.18. The molecule has 2 unspecified atom stereocenters. The summed E-state index contributed by atoms with van der Waals surface area (Å²) in [6, 6.07) is 6.46. The summed E-state index contributed by atoms with van der Waals surface area (Å²) in [6.07, 6.45) is 1.58. The van der Waals surface area contributed by atoms with Crippen LogP contribution in [-0.2, 0) is 4.79 Å². The molecule has 1 aliphatic heterocycles. The van der Waals surface area contributed by atoms with E-state index in [0.717, 1.165) is 17.7 Å². The summed E-state index contributed by atoms with van der Waals surface area (Å²) in [5.41, 5.74) is 2.35. The molecule has 0 aromatic heterocycles. The third-order valence-corrected chi connectivity index (χ3v) is 3.52. The number of ether oxygens (including phenoxy) is 1. The normalized spacial score (nSPS) is 23.6. The van der Waals surface area contributed by atoms with E-state index in [0.29, 0.717) is 12.3 Å². The Bertz CT molecular complexity index is 428. The molecular formula is C14H19NO2. The average molecular weight is 233 g/mol. The van der Waals surface area contributed by atoms with Gasteiger partial charge in [0.15, 0.2) is 0 Å². The second-order valence-electron chi connectivity index (χ2n) is 4.62. The summed E-state index contributed by atoms with van der Waals surface area (Å²) in [4.78, 5) is 11.5. The van der Waals surface area contributed by atoms with Gasteiger partial charge in [-0.25, -0.2) is 0 Å². The van der Waals surface area contributed by atoms with Crippen LogP contribution in [0.5, 0.6) is 5.75 Å². The van der Waals surface area contributed by atoms with E-state index >= 15 is 0 Å². The lowest BCUT2D eigenvalue weighted by Crippen LogP contribution is -2.27. The van der Waals surface area contributed by atoms with Gasteiger partial charge in [-0.1, -0.05) is 19.1 Å². The van der Waals surface area contributed by atoms with Crippen molar-refractivity contribution < 1.29 is 9.53 Å². The highest BCUT2D eigenvalue weighted by Crippen LogP contribution is 2.32.